The Morgan fingerprint density at radius 1 is 1.13 bits per heavy atom. The number of rotatable bonds is 4. The normalized spacial score (nSPS) is 24.7. The molecule has 4 nitrogen and oxygen atoms in total. The number of aromatic nitrogens is 2. The average Bonchev–Trinajstić information content (AvgIpc) is 2.91. The maximum atomic E-state index is 10.5. The zero-order chi connectivity index (χ0) is 16.5. The third-order valence-corrected chi connectivity index (χ3v) is 5.35. The largest absolute Gasteiger partial charge is 0.390 e. The lowest BCUT2D eigenvalue weighted by atomic mass is 9.71. The molecule has 4 heteroatoms. The number of hydrogen-bond donors (Lipinski definition) is 1. The molecule has 0 unspecified atom stereocenters. The van der Waals surface area contributed by atoms with Crippen molar-refractivity contribution in [1.82, 2.24) is 14.5 Å². The van der Waals surface area contributed by atoms with E-state index in [9.17, 15) is 5.11 Å². The highest BCUT2D eigenvalue weighted by atomic mass is 16.3. The van der Waals surface area contributed by atoms with Gasteiger partial charge in [0.05, 0.1) is 12.1 Å². The molecule has 1 fully saturated rings. The molecular weight excluding hydrogens is 286 g/mol. The second-order valence-electron chi connectivity index (χ2n) is 7.58. The first-order valence-corrected chi connectivity index (χ1v) is 8.36. The van der Waals surface area contributed by atoms with Crippen LogP contribution >= 0.6 is 0 Å². The molecule has 124 valence electrons. The van der Waals surface area contributed by atoms with Crippen LogP contribution in [0.4, 0.5) is 0 Å². The van der Waals surface area contributed by atoms with E-state index in [1.807, 2.05) is 25.4 Å². The first kappa shape index (κ1) is 16.2. The number of nitrogens with zero attached hydrogens (tertiary/aromatic N) is 3. The lowest BCUT2D eigenvalue weighted by molar-refractivity contribution is -0.107. The van der Waals surface area contributed by atoms with Gasteiger partial charge in [0.25, 0.3) is 0 Å². The van der Waals surface area contributed by atoms with Crippen molar-refractivity contribution >= 4 is 0 Å². The second-order valence-corrected chi connectivity index (χ2v) is 7.58. The summed E-state index contributed by atoms with van der Waals surface area (Å²) >= 11 is 0. The Morgan fingerprint density at radius 2 is 1.87 bits per heavy atom. The van der Waals surface area contributed by atoms with Gasteiger partial charge in [-0.3, -0.25) is 4.90 Å². The zero-order valence-corrected chi connectivity index (χ0v) is 14.4. The molecule has 0 amide bonds. The van der Waals surface area contributed by atoms with Crippen LogP contribution in [0, 0.1) is 5.41 Å². The molecule has 1 aliphatic rings. The third-order valence-electron chi connectivity index (χ3n) is 5.35. The van der Waals surface area contributed by atoms with Gasteiger partial charge in [0.2, 0.25) is 0 Å². The van der Waals surface area contributed by atoms with Crippen LogP contribution in [0.1, 0.15) is 38.6 Å². The summed E-state index contributed by atoms with van der Waals surface area (Å²) in [5, 5.41) is 10.5. The van der Waals surface area contributed by atoms with Crippen molar-refractivity contribution in [1.29, 1.82) is 0 Å². The summed E-state index contributed by atoms with van der Waals surface area (Å²) in [7, 11) is 0. The van der Waals surface area contributed by atoms with Crippen molar-refractivity contribution in [2.75, 3.05) is 13.1 Å². The SMILES string of the molecule is CC1(C)CN(Cc2nccn2Cc2ccccc2)CC[C@@]1(C)O. The molecule has 3 rings (SSSR count). The van der Waals surface area contributed by atoms with E-state index in [1.54, 1.807) is 0 Å². The summed E-state index contributed by atoms with van der Waals surface area (Å²) in [6.07, 6.45) is 4.73. The van der Waals surface area contributed by atoms with Gasteiger partial charge in [-0.25, -0.2) is 4.98 Å². The molecule has 1 aromatic heterocycles. The summed E-state index contributed by atoms with van der Waals surface area (Å²) < 4.78 is 2.22. The molecular formula is C19H27N3O. The first-order valence-electron chi connectivity index (χ1n) is 8.36. The van der Waals surface area contributed by atoms with Crippen LogP contribution in [0.15, 0.2) is 42.7 Å². The Hall–Kier alpha value is -1.65. The Morgan fingerprint density at radius 3 is 2.57 bits per heavy atom. The molecule has 1 aromatic carbocycles. The molecule has 0 aliphatic carbocycles. The fraction of sp³-hybridized carbons (Fsp3) is 0.526. The third kappa shape index (κ3) is 3.48. The van der Waals surface area contributed by atoms with Crippen LogP contribution in [0.25, 0.3) is 0 Å². The predicted molar refractivity (Wildman–Crippen MR) is 92.1 cm³/mol. The lowest BCUT2D eigenvalue weighted by Gasteiger charge is -2.48. The van der Waals surface area contributed by atoms with E-state index in [0.717, 1.165) is 38.4 Å². The van der Waals surface area contributed by atoms with Crippen LogP contribution in [0.2, 0.25) is 0 Å². The quantitative estimate of drug-likeness (QED) is 0.943. The van der Waals surface area contributed by atoms with Crippen molar-refractivity contribution in [3.63, 3.8) is 0 Å². The highest BCUT2D eigenvalue weighted by molar-refractivity contribution is 5.16. The van der Waals surface area contributed by atoms with E-state index in [-0.39, 0.29) is 5.41 Å². The van der Waals surface area contributed by atoms with Crippen molar-refractivity contribution < 1.29 is 5.11 Å². The highest BCUT2D eigenvalue weighted by Crippen LogP contribution is 2.38. The molecule has 1 saturated heterocycles. The number of hydrogen-bond acceptors (Lipinski definition) is 3. The molecule has 0 radical (unpaired) electrons. The summed E-state index contributed by atoms with van der Waals surface area (Å²) in [6, 6.07) is 10.5. The molecule has 1 N–H and O–H groups in total. The molecule has 0 bridgehead atoms. The van der Waals surface area contributed by atoms with E-state index < -0.39 is 5.60 Å². The van der Waals surface area contributed by atoms with E-state index in [1.165, 1.54) is 5.56 Å². The number of imidazole rings is 1. The minimum Gasteiger partial charge on any atom is -0.390 e. The van der Waals surface area contributed by atoms with Gasteiger partial charge in [0, 0.05) is 37.4 Å². The van der Waals surface area contributed by atoms with E-state index in [0.29, 0.717) is 0 Å². The Labute approximate surface area is 138 Å². The number of benzene rings is 1. The summed E-state index contributed by atoms with van der Waals surface area (Å²) in [5.74, 6) is 1.09. The smallest absolute Gasteiger partial charge is 0.123 e. The Kier molecular flexibility index (Phi) is 4.30. The van der Waals surface area contributed by atoms with E-state index in [4.69, 9.17) is 0 Å². The standard InChI is InChI=1S/C19H27N3O/c1-18(2)15-21(11-9-19(18,3)23)14-17-20-10-12-22(17)13-16-7-5-4-6-8-16/h4-8,10,12,23H,9,11,13-15H2,1-3H3/t19-/m1/s1. The highest BCUT2D eigenvalue weighted by Gasteiger charge is 2.43. The predicted octanol–water partition coefficient (Wildman–Crippen LogP) is 2.91. The topological polar surface area (TPSA) is 41.3 Å². The van der Waals surface area contributed by atoms with Crippen molar-refractivity contribution in [3.8, 4) is 0 Å². The van der Waals surface area contributed by atoms with Gasteiger partial charge in [-0.05, 0) is 18.9 Å². The van der Waals surface area contributed by atoms with Gasteiger partial charge in [-0.15, -0.1) is 0 Å². The van der Waals surface area contributed by atoms with Crippen LogP contribution < -0.4 is 0 Å². The van der Waals surface area contributed by atoms with E-state index in [2.05, 4.69) is 52.6 Å². The molecule has 1 atom stereocenters. The number of likely N-dealkylation sites (tertiary alicyclic amines) is 1. The summed E-state index contributed by atoms with van der Waals surface area (Å²) in [5.41, 5.74) is 0.582. The lowest BCUT2D eigenvalue weighted by Crippen LogP contribution is -2.55. The van der Waals surface area contributed by atoms with E-state index >= 15 is 0 Å². The number of piperidine rings is 1. The second kappa shape index (κ2) is 6.10. The maximum Gasteiger partial charge on any atom is 0.123 e. The minimum atomic E-state index is -0.594. The van der Waals surface area contributed by atoms with Crippen LogP contribution in [-0.4, -0.2) is 38.2 Å². The maximum absolute atomic E-state index is 10.5. The summed E-state index contributed by atoms with van der Waals surface area (Å²) in [6.45, 7) is 9.74. The van der Waals surface area contributed by atoms with Crippen LogP contribution in [0.3, 0.4) is 0 Å². The van der Waals surface area contributed by atoms with Gasteiger partial charge >= 0.3 is 0 Å². The molecule has 0 spiro atoms. The Bertz CT molecular complexity index is 646. The minimum absolute atomic E-state index is 0.109. The fourth-order valence-electron chi connectivity index (χ4n) is 3.27. The monoisotopic (exact) mass is 313 g/mol. The Balaban J connectivity index is 1.69. The van der Waals surface area contributed by atoms with Crippen LogP contribution in [-0.2, 0) is 13.1 Å². The van der Waals surface area contributed by atoms with Crippen LogP contribution in [0.5, 0.6) is 0 Å². The molecule has 2 heterocycles. The van der Waals surface area contributed by atoms with Gasteiger partial charge in [0.15, 0.2) is 0 Å². The fourth-order valence-corrected chi connectivity index (χ4v) is 3.27. The zero-order valence-electron chi connectivity index (χ0n) is 14.4. The molecule has 0 saturated carbocycles. The van der Waals surface area contributed by atoms with Gasteiger partial charge in [-0.1, -0.05) is 44.2 Å². The number of aliphatic hydroxyl groups is 1. The van der Waals surface area contributed by atoms with Crippen molar-refractivity contribution in [2.45, 2.75) is 45.9 Å². The summed E-state index contributed by atoms with van der Waals surface area (Å²) in [4.78, 5) is 6.95. The molecule has 2 aromatic rings. The average molecular weight is 313 g/mol. The van der Waals surface area contributed by atoms with Gasteiger partial charge < -0.3 is 9.67 Å². The van der Waals surface area contributed by atoms with Crippen molar-refractivity contribution in [2.24, 2.45) is 5.41 Å². The first-order chi connectivity index (χ1) is 10.9. The van der Waals surface area contributed by atoms with Gasteiger partial charge in [0.1, 0.15) is 5.82 Å². The molecule has 23 heavy (non-hydrogen) atoms. The molecule has 1 aliphatic heterocycles. The van der Waals surface area contributed by atoms with Crippen molar-refractivity contribution in [3.05, 3.63) is 54.1 Å². The van der Waals surface area contributed by atoms with Gasteiger partial charge in [-0.2, -0.15) is 0 Å².